The minimum absolute atomic E-state index is 0.172. The summed E-state index contributed by atoms with van der Waals surface area (Å²) in [5.74, 6) is 1.73. The maximum atomic E-state index is 11.7. The lowest BCUT2D eigenvalue weighted by Crippen LogP contribution is -2.48. The van der Waals surface area contributed by atoms with Crippen LogP contribution < -0.4 is 0 Å². The maximum absolute atomic E-state index is 11.7. The van der Waals surface area contributed by atoms with Crippen molar-refractivity contribution >= 4 is 10.0 Å². The minimum atomic E-state index is -3.05. The molecule has 0 aromatic carbocycles. The van der Waals surface area contributed by atoms with Gasteiger partial charge in [0.1, 0.15) is 5.76 Å². The molecule has 19 heavy (non-hydrogen) atoms. The minimum Gasteiger partial charge on any atom is -0.444 e. The van der Waals surface area contributed by atoms with E-state index in [4.69, 9.17) is 4.42 Å². The van der Waals surface area contributed by atoms with Gasteiger partial charge in [-0.1, -0.05) is 0 Å². The van der Waals surface area contributed by atoms with Crippen molar-refractivity contribution in [2.75, 3.05) is 31.9 Å². The van der Waals surface area contributed by atoms with Crippen molar-refractivity contribution in [1.82, 2.24) is 14.2 Å². The van der Waals surface area contributed by atoms with E-state index < -0.39 is 10.0 Å². The van der Waals surface area contributed by atoms with Gasteiger partial charge in [0, 0.05) is 26.2 Å². The van der Waals surface area contributed by atoms with Gasteiger partial charge in [0.05, 0.1) is 18.0 Å². The van der Waals surface area contributed by atoms with E-state index in [2.05, 4.69) is 9.88 Å². The largest absolute Gasteiger partial charge is 0.444 e. The van der Waals surface area contributed by atoms with Crippen LogP contribution in [0.1, 0.15) is 24.3 Å². The molecule has 0 bridgehead atoms. The molecule has 0 amide bonds. The zero-order valence-corrected chi connectivity index (χ0v) is 12.5. The third-order valence-corrected chi connectivity index (χ3v) is 5.40. The van der Waals surface area contributed by atoms with Gasteiger partial charge in [-0.2, -0.15) is 4.31 Å². The van der Waals surface area contributed by atoms with E-state index in [-0.39, 0.29) is 5.75 Å². The molecular weight excluding hydrogens is 266 g/mol. The zero-order valence-electron chi connectivity index (χ0n) is 11.7. The molecule has 2 rings (SSSR count). The Labute approximate surface area is 114 Å². The van der Waals surface area contributed by atoms with Crippen LogP contribution in [-0.4, -0.2) is 54.5 Å². The Hall–Kier alpha value is -0.920. The highest BCUT2D eigenvalue weighted by Gasteiger charge is 2.26. The quantitative estimate of drug-likeness (QED) is 0.818. The van der Waals surface area contributed by atoms with Crippen LogP contribution >= 0.6 is 0 Å². The molecule has 0 atom stereocenters. The predicted octanol–water partition coefficient (Wildman–Crippen LogP) is 0.759. The Morgan fingerprint density at radius 1 is 1.21 bits per heavy atom. The molecule has 1 saturated heterocycles. The van der Waals surface area contributed by atoms with Crippen molar-refractivity contribution in [3.8, 4) is 0 Å². The van der Waals surface area contributed by atoms with E-state index in [1.165, 1.54) is 0 Å². The van der Waals surface area contributed by atoms with Crippen LogP contribution in [-0.2, 0) is 16.6 Å². The molecule has 1 aliphatic heterocycles. The summed E-state index contributed by atoms with van der Waals surface area (Å²) < 4.78 is 30.6. The summed E-state index contributed by atoms with van der Waals surface area (Å²) in [5, 5.41) is 0. The third kappa shape index (κ3) is 3.34. The molecule has 0 aliphatic carbocycles. The highest BCUT2D eigenvalue weighted by atomic mass is 32.2. The van der Waals surface area contributed by atoms with Gasteiger partial charge in [-0.15, -0.1) is 0 Å². The first-order valence-corrected chi connectivity index (χ1v) is 8.16. The standard InChI is InChI=1S/C12H21N3O3S/c1-4-19(16,17)15-7-5-14(6-8-15)9-12-13-10(2)11(3)18-12/h4-9H2,1-3H3. The molecule has 0 radical (unpaired) electrons. The van der Waals surface area contributed by atoms with E-state index in [0.29, 0.717) is 25.5 Å². The molecule has 1 fully saturated rings. The van der Waals surface area contributed by atoms with Gasteiger partial charge < -0.3 is 4.42 Å². The summed E-state index contributed by atoms with van der Waals surface area (Å²) in [6, 6.07) is 0. The number of aromatic nitrogens is 1. The number of hydrogen-bond donors (Lipinski definition) is 0. The van der Waals surface area contributed by atoms with E-state index in [0.717, 1.165) is 24.5 Å². The molecule has 0 spiro atoms. The second kappa shape index (κ2) is 5.60. The van der Waals surface area contributed by atoms with Gasteiger partial charge in [0.15, 0.2) is 0 Å². The van der Waals surface area contributed by atoms with Crippen LogP contribution in [0.4, 0.5) is 0 Å². The topological polar surface area (TPSA) is 66.7 Å². The van der Waals surface area contributed by atoms with Crippen LogP contribution in [0.25, 0.3) is 0 Å². The smallest absolute Gasteiger partial charge is 0.213 e. The van der Waals surface area contributed by atoms with Crippen LogP contribution in [0.15, 0.2) is 4.42 Å². The van der Waals surface area contributed by atoms with Gasteiger partial charge in [0.25, 0.3) is 0 Å². The summed E-state index contributed by atoms with van der Waals surface area (Å²) in [6.45, 7) is 8.70. The third-order valence-electron chi connectivity index (χ3n) is 3.52. The normalized spacial score (nSPS) is 18.9. The number of aryl methyl sites for hydroxylation is 2. The van der Waals surface area contributed by atoms with Crippen molar-refractivity contribution in [3.05, 3.63) is 17.3 Å². The van der Waals surface area contributed by atoms with Crippen LogP contribution in [0.3, 0.4) is 0 Å². The Balaban J connectivity index is 1.90. The average molecular weight is 287 g/mol. The first-order valence-electron chi connectivity index (χ1n) is 6.55. The van der Waals surface area contributed by atoms with Crippen LogP contribution in [0.2, 0.25) is 0 Å². The van der Waals surface area contributed by atoms with Gasteiger partial charge in [0.2, 0.25) is 15.9 Å². The zero-order chi connectivity index (χ0) is 14.0. The molecule has 0 saturated carbocycles. The molecule has 0 unspecified atom stereocenters. The Morgan fingerprint density at radius 3 is 2.32 bits per heavy atom. The van der Waals surface area contributed by atoms with Crippen LogP contribution in [0.5, 0.6) is 0 Å². The monoisotopic (exact) mass is 287 g/mol. The van der Waals surface area contributed by atoms with E-state index in [1.807, 2.05) is 13.8 Å². The number of nitrogens with zero attached hydrogens (tertiary/aromatic N) is 3. The highest BCUT2D eigenvalue weighted by Crippen LogP contribution is 2.13. The van der Waals surface area contributed by atoms with Gasteiger partial charge in [-0.3, -0.25) is 4.90 Å². The lowest BCUT2D eigenvalue weighted by Gasteiger charge is -2.32. The predicted molar refractivity (Wildman–Crippen MR) is 72.3 cm³/mol. The SMILES string of the molecule is CCS(=O)(=O)N1CCN(Cc2nc(C)c(C)o2)CC1. The summed E-state index contributed by atoms with van der Waals surface area (Å²) in [7, 11) is -3.05. The van der Waals surface area contributed by atoms with Crippen molar-refractivity contribution in [2.45, 2.75) is 27.3 Å². The molecule has 6 nitrogen and oxygen atoms in total. The fourth-order valence-electron chi connectivity index (χ4n) is 2.15. The van der Waals surface area contributed by atoms with Crippen molar-refractivity contribution in [1.29, 1.82) is 0 Å². The lowest BCUT2D eigenvalue weighted by molar-refractivity contribution is 0.168. The fraction of sp³-hybridized carbons (Fsp3) is 0.750. The van der Waals surface area contributed by atoms with E-state index in [1.54, 1.807) is 11.2 Å². The summed E-state index contributed by atoms with van der Waals surface area (Å²) in [5.41, 5.74) is 0.919. The average Bonchev–Trinajstić information content (AvgIpc) is 2.69. The first kappa shape index (κ1) is 14.5. The molecule has 1 aliphatic rings. The molecule has 2 heterocycles. The second-order valence-corrected chi connectivity index (χ2v) is 7.08. The highest BCUT2D eigenvalue weighted by molar-refractivity contribution is 7.89. The van der Waals surface area contributed by atoms with E-state index >= 15 is 0 Å². The maximum Gasteiger partial charge on any atom is 0.213 e. The summed E-state index contributed by atoms with van der Waals surface area (Å²) >= 11 is 0. The van der Waals surface area contributed by atoms with E-state index in [9.17, 15) is 8.42 Å². The molecule has 1 aromatic heterocycles. The lowest BCUT2D eigenvalue weighted by atomic mass is 10.3. The Kier molecular flexibility index (Phi) is 4.27. The Bertz CT molecular complexity index is 511. The number of sulfonamides is 1. The molecular formula is C12H21N3O3S. The molecule has 0 N–H and O–H groups in total. The summed E-state index contributed by atoms with van der Waals surface area (Å²) in [4.78, 5) is 6.52. The van der Waals surface area contributed by atoms with Gasteiger partial charge in [-0.25, -0.2) is 13.4 Å². The Morgan fingerprint density at radius 2 is 1.84 bits per heavy atom. The van der Waals surface area contributed by atoms with Crippen molar-refractivity contribution in [3.63, 3.8) is 0 Å². The van der Waals surface area contributed by atoms with Crippen molar-refractivity contribution in [2.24, 2.45) is 0 Å². The van der Waals surface area contributed by atoms with Gasteiger partial charge in [-0.05, 0) is 20.8 Å². The fourth-order valence-corrected chi connectivity index (χ4v) is 3.23. The van der Waals surface area contributed by atoms with Gasteiger partial charge >= 0.3 is 0 Å². The number of hydrogen-bond acceptors (Lipinski definition) is 5. The summed E-state index contributed by atoms with van der Waals surface area (Å²) in [6.07, 6.45) is 0. The first-order chi connectivity index (χ1) is 8.92. The second-order valence-electron chi connectivity index (χ2n) is 4.82. The van der Waals surface area contributed by atoms with Crippen LogP contribution in [0, 0.1) is 13.8 Å². The number of rotatable bonds is 4. The van der Waals surface area contributed by atoms with Crippen molar-refractivity contribution < 1.29 is 12.8 Å². The number of piperazine rings is 1. The number of oxazole rings is 1. The molecule has 1 aromatic rings. The molecule has 108 valence electrons. The molecule has 7 heteroatoms.